The van der Waals surface area contributed by atoms with Crippen LogP contribution >= 0.6 is 0 Å². The van der Waals surface area contributed by atoms with E-state index >= 15 is 0 Å². The van der Waals surface area contributed by atoms with Crippen molar-refractivity contribution in [1.29, 1.82) is 0 Å². The summed E-state index contributed by atoms with van der Waals surface area (Å²) in [6, 6.07) is -2.61. The molecule has 0 bridgehead atoms. The first-order chi connectivity index (χ1) is 10.9. The molecule has 2 atom stereocenters. The minimum atomic E-state index is -1.17. The molecule has 0 spiro atoms. The third kappa shape index (κ3) is 27.8. The van der Waals surface area contributed by atoms with Gasteiger partial charge in [0.1, 0.15) is 12.1 Å². The molecule has 0 aromatic heterocycles. The van der Waals surface area contributed by atoms with Gasteiger partial charge in [0.15, 0.2) is 0 Å². The number of aliphatic carboxylic acids is 3. The molecule has 0 unspecified atom stereocenters. The van der Waals surface area contributed by atoms with Gasteiger partial charge in [0.2, 0.25) is 0 Å². The molecule has 0 heterocycles. The van der Waals surface area contributed by atoms with E-state index < -0.39 is 36.0 Å². The standard InChI is InChI=1S/C6H14N2O2.C5H9NO4.CH4N2O/c7-4-2-1-3-5(8)6(9)10;6-3(5(9)10)1-2-4(7)8;2-1(3)4/h5H,1-4,7-8H2,(H,9,10);3H,1-2,6H2,(H,7,8)(H,9,10);(H4,2,3,4)/t5-;3-;/m00./s1. The average molecular weight is 353 g/mol. The van der Waals surface area contributed by atoms with E-state index in [1.165, 1.54) is 0 Å². The Labute approximate surface area is 138 Å². The minimum Gasteiger partial charge on any atom is -0.481 e. The van der Waals surface area contributed by atoms with Crippen LogP contribution in [0.4, 0.5) is 4.79 Å². The molecule has 142 valence electrons. The molecule has 0 fully saturated rings. The number of primary amides is 2. The molecule has 0 aromatic rings. The van der Waals surface area contributed by atoms with Gasteiger partial charge in [-0.15, -0.1) is 0 Å². The first-order valence-electron chi connectivity index (χ1n) is 6.89. The van der Waals surface area contributed by atoms with E-state index in [9.17, 15) is 14.4 Å². The normalized spacial score (nSPS) is 11.6. The van der Waals surface area contributed by atoms with Gasteiger partial charge in [-0.25, -0.2) is 4.79 Å². The lowest BCUT2D eigenvalue weighted by Crippen LogP contribution is -2.30. The zero-order valence-electron chi connectivity index (χ0n) is 13.3. The summed E-state index contributed by atoms with van der Waals surface area (Å²) >= 11 is 0. The van der Waals surface area contributed by atoms with Gasteiger partial charge in [0.25, 0.3) is 0 Å². The van der Waals surface area contributed by atoms with Crippen LogP contribution in [0.1, 0.15) is 32.1 Å². The maximum Gasteiger partial charge on any atom is 0.320 e. The predicted octanol–water partition coefficient (Wildman–Crippen LogP) is -2.19. The van der Waals surface area contributed by atoms with Crippen molar-refractivity contribution in [2.24, 2.45) is 28.7 Å². The average Bonchev–Trinajstić information content (AvgIpc) is 2.44. The SMILES string of the molecule is NC(N)=O.NCCCC[C@H](N)C(=O)O.N[C@@H](CCC(=O)O)C(=O)O. The summed E-state index contributed by atoms with van der Waals surface area (Å²) in [5.74, 6) is -3.13. The van der Waals surface area contributed by atoms with Crippen molar-refractivity contribution in [2.45, 2.75) is 44.2 Å². The van der Waals surface area contributed by atoms with Crippen molar-refractivity contribution >= 4 is 23.9 Å². The van der Waals surface area contributed by atoms with E-state index in [0.29, 0.717) is 13.0 Å². The Kier molecular flexibility index (Phi) is 18.7. The first-order valence-corrected chi connectivity index (χ1v) is 6.89. The van der Waals surface area contributed by atoms with E-state index in [4.69, 9.17) is 37.3 Å². The van der Waals surface area contributed by atoms with E-state index in [2.05, 4.69) is 11.5 Å². The molecule has 0 aliphatic heterocycles. The van der Waals surface area contributed by atoms with Crippen molar-refractivity contribution in [2.75, 3.05) is 6.54 Å². The molecular weight excluding hydrogens is 326 g/mol. The van der Waals surface area contributed by atoms with Gasteiger partial charge in [-0.2, -0.15) is 0 Å². The Morgan fingerprint density at radius 1 is 0.792 bits per heavy atom. The fourth-order valence-electron chi connectivity index (χ4n) is 1.03. The van der Waals surface area contributed by atoms with Crippen molar-refractivity contribution in [3.8, 4) is 0 Å². The number of urea groups is 1. The molecule has 2 amide bonds. The zero-order valence-corrected chi connectivity index (χ0v) is 13.3. The van der Waals surface area contributed by atoms with Gasteiger partial charge in [-0.05, 0) is 25.8 Å². The number of hydrogen-bond acceptors (Lipinski definition) is 7. The molecule has 24 heavy (non-hydrogen) atoms. The molecule has 0 rings (SSSR count). The molecule has 0 aromatic carbocycles. The summed E-state index contributed by atoms with van der Waals surface area (Å²) in [5.41, 5.74) is 23.9. The lowest BCUT2D eigenvalue weighted by Gasteiger charge is -2.03. The molecule has 0 saturated heterocycles. The van der Waals surface area contributed by atoms with E-state index in [1.54, 1.807) is 0 Å². The van der Waals surface area contributed by atoms with Gasteiger partial charge >= 0.3 is 23.9 Å². The molecule has 0 radical (unpaired) electrons. The molecule has 0 saturated carbocycles. The highest BCUT2D eigenvalue weighted by atomic mass is 16.4. The third-order valence-corrected chi connectivity index (χ3v) is 2.27. The number of hydrogen-bond donors (Lipinski definition) is 8. The number of rotatable bonds is 9. The van der Waals surface area contributed by atoms with Crippen LogP contribution in [-0.2, 0) is 14.4 Å². The summed E-state index contributed by atoms with van der Waals surface area (Å²) in [6.45, 7) is 0.604. The molecule has 13 N–H and O–H groups in total. The number of carboxylic acid groups (broad SMARTS) is 3. The highest BCUT2D eigenvalue weighted by Gasteiger charge is 2.12. The quantitative estimate of drug-likeness (QED) is 0.207. The fraction of sp³-hybridized carbons (Fsp3) is 0.667. The fourth-order valence-corrected chi connectivity index (χ4v) is 1.03. The topological polar surface area (TPSA) is 259 Å². The van der Waals surface area contributed by atoms with Crippen LogP contribution in [0.2, 0.25) is 0 Å². The van der Waals surface area contributed by atoms with Crippen LogP contribution in [0.3, 0.4) is 0 Å². The van der Waals surface area contributed by atoms with Crippen molar-refractivity contribution in [1.82, 2.24) is 0 Å². The van der Waals surface area contributed by atoms with Crippen molar-refractivity contribution in [3.63, 3.8) is 0 Å². The van der Waals surface area contributed by atoms with Crippen molar-refractivity contribution < 1.29 is 34.5 Å². The van der Waals surface area contributed by atoms with Gasteiger partial charge < -0.3 is 44.0 Å². The van der Waals surface area contributed by atoms with Crippen molar-refractivity contribution in [3.05, 3.63) is 0 Å². The Morgan fingerprint density at radius 2 is 1.17 bits per heavy atom. The van der Waals surface area contributed by atoms with Crippen LogP contribution in [0, 0.1) is 0 Å². The van der Waals surface area contributed by atoms with Gasteiger partial charge in [0.05, 0.1) is 0 Å². The third-order valence-electron chi connectivity index (χ3n) is 2.27. The minimum absolute atomic E-state index is 0.0231. The van der Waals surface area contributed by atoms with Crippen LogP contribution in [0.5, 0.6) is 0 Å². The smallest absolute Gasteiger partial charge is 0.320 e. The van der Waals surface area contributed by atoms with Gasteiger partial charge in [-0.1, -0.05) is 6.42 Å². The number of carboxylic acids is 3. The second-order valence-corrected chi connectivity index (χ2v) is 4.51. The number of carbonyl (C=O) groups excluding carboxylic acids is 1. The second-order valence-electron chi connectivity index (χ2n) is 4.51. The maximum atomic E-state index is 10.1. The summed E-state index contributed by atoms with van der Waals surface area (Å²) in [4.78, 5) is 39.0. The summed E-state index contributed by atoms with van der Waals surface area (Å²) in [7, 11) is 0. The zero-order chi connectivity index (χ0) is 19.7. The van der Waals surface area contributed by atoms with E-state index in [1.807, 2.05) is 0 Å². The molecule has 0 aliphatic carbocycles. The summed E-state index contributed by atoms with van der Waals surface area (Å²) in [6.07, 6.45) is 1.94. The Hall–Kier alpha value is -2.44. The van der Waals surface area contributed by atoms with Crippen LogP contribution in [0.25, 0.3) is 0 Å². The largest absolute Gasteiger partial charge is 0.481 e. The molecular formula is C12H27N5O7. The Bertz CT molecular complexity index is 388. The predicted molar refractivity (Wildman–Crippen MR) is 84.8 cm³/mol. The second kappa shape index (κ2) is 16.9. The number of unbranched alkanes of at least 4 members (excludes halogenated alkanes) is 1. The highest BCUT2D eigenvalue weighted by Crippen LogP contribution is 1.97. The molecule has 0 aliphatic rings. The summed E-state index contributed by atoms with van der Waals surface area (Å²) < 4.78 is 0. The lowest BCUT2D eigenvalue weighted by atomic mass is 10.1. The Balaban J connectivity index is -0.000000301. The number of amides is 2. The van der Waals surface area contributed by atoms with E-state index in [-0.39, 0.29) is 12.8 Å². The van der Waals surface area contributed by atoms with Crippen LogP contribution in [0.15, 0.2) is 0 Å². The molecule has 12 heteroatoms. The van der Waals surface area contributed by atoms with Crippen LogP contribution < -0.4 is 28.7 Å². The highest BCUT2D eigenvalue weighted by molar-refractivity contribution is 5.74. The van der Waals surface area contributed by atoms with Gasteiger partial charge in [0, 0.05) is 6.42 Å². The number of nitrogens with two attached hydrogens (primary N) is 5. The summed E-state index contributed by atoms with van der Waals surface area (Å²) in [5, 5.41) is 24.6. The molecule has 12 nitrogen and oxygen atoms in total. The Morgan fingerprint density at radius 3 is 1.46 bits per heavy atom. The first kappa shape index (κ1) is 26.5. The maximum absolute atomic E-state index is 10.1. The van der Waals surface area contributed by atoms with Crippen LogP contribution in [-0.4, -0.2) is 57.9 Å². The van der Waals surface area contributed by atoms with Gasteiger partial charge in [-0.3, -0.25) is 14.4 Å². The monoisotopic (exact) mass is 353 g/mol. The number of carbonyl (C=O) groups is 4. The lowest BCUT2D eigenvalue weighted by molar-refractivity contribution is -0.140. The van der Waals surface area contributed by atoms with E-state index in [0.717, 1.165) is 12.8 Å².